The van der Waals surface area contributed by atoms with Crippen molar-refractivity contribution in [3.63, 3.8) is 0 Å². The van der Waals surface area contributed by atoms with E-state index in [2.05, 4.69) is 24.1 Å². The molecule has 1 saturated heterocycles. The van der Waals surface area contributed by atoms with Gasteiger partial charge in [0.1, 0.15) is 0 Å². The van der Waals surface area contributed by atoms with Crippen molar-refractivity contribution in [2.75, 3.05) is 19.6 Å². The van der Waals surface area contributed by atoms with Crippen LogP contribution in [0.5, 0.6) is 0 Å². The maximum Gasteiger partial charge on any atom is 0.0223 e. The second kappa shape index (κ2) is 6.75. The number of nitrogens with one attached hydrogen (secondary N) is 1. The van der Waals surface area contributed by atoms with Gasteiger partial charge in [0.25, 0.3) is 0 Å². The lowest BCUT2D eigenvalue weighted by molar-refractivity contribution is 0.0929. The molecule has 1 heterocycles. The number of piperidine rings is 1. The Labute approximate surface area is 107 Å². The van der Waals surface area contributed by atoms with Crippen molar-refractivity contribution in [3.05, 3.63) is 0 Å². The van der Waals surface area contributed by atoms with Gasteiger partial charge in [-0.05, 0) is 51.6 Å². The topological polar surface area (TPSA) is 15.3 Å². The first-order chi connectivity index (χ1) is 8.31. The molecule has 1 aliphatic heterocycles. The number of rotatable bonds is 6. The Morgan fingerprint density at radius 3 is 2.59 bits per heavy atom. The fourth-order valence-corrected chi connectivity index (χ4v) is 3.48. The molecule has 17 heavy (non-hydrogen) atoms. The molecule has 2 fully saturated rings. The van der Waals surface area contributed by atoms with Gasteiger partial charge in [0, 0.05) is 18.6 Å². The lowest BCUT2D eigenvalue weighted by atomic mass is 9.80. The molecule has 0 bridgehead atoms. The van der Waals surface area contributed by atoms with Crippen LogP contribution in [0.1, 0.15) is 58.8 Å². The summed E-state index contributed by atoms with van der Waals surface area (Å²) in [5, 5.41) is 3.57. The minimum atomic E-state index is 0.796. The summed E-state index contributed by atoms with van der Waals surface area (Å²) < 4.78 is 0. The molecule has 2 aliphatic rings. The van der Waals surface area contributed by atoms with Gasteiger partial charge in [0.2, 0.25) is 0 Å². The van der Waals surface area contributed by atoms with Gasteiger partial charge in [-0.1, -0.05) is 26.2 Å². The summed E-state index contributed by atoms with van der Waals surface area (Å²) in [5.74, 6) is 1.04. The van der Waals surface area contributed by atoms with E-state index in [0.717, 1.165) is 18.0 Å². The largest absolute Gasteiger partial charge is 0.315 e. The first kappa shape index (κ1) is 13.4. The van der Waals surface area contributed by atoms with Gasteiger partial charge in [-0.25, -0.2) is 0 Å². The molecule has 2 nitrogen and oxygen atoms in total. The van der Waals surface area contributed by atoms with Gasteiger partial charge in [-0.3, -0.25) is 4.90 Å². The van der Waals surface area contributed by atoms with Crippen LogP contribution in [0.3, 0.4) is 0 Å². The van der Waals surface area contributed by atoms with Crippen molar-refractivity contribution < 1.29 is 0 Å². The average Bonchev–Trinajstić information content (AvgIpc) is 2.31. The second-order valence-corrected chi connectivity index (χ2v) is 6.12. The SMILES string of the molecule is CCCN(C(C)CC1CCC1)C1CCCNC1. The van der Waals surface area contributed by atoms with E-state index >= 15 is 0 Å². The van der Waals surface area contributed by atoms with Crippen LogP contribution < -0.4 is 5.32 Å². The monoisotopic (exact) mass is 238 g/mol. The van der Waals surface area contributed by atoms with Crippen LogP contribution in [-0.2, 0) is 0 Å². The third-order valence-electron chi connectivity index (χ3n) is 4.69. The molecule has 1 N–H and O–H groups in total. The zero-order valence-electron chi connectivity index (χ0n) is 11.8. The lowest BCUT2D eigenvalue weighted by Gasteiger charge is -2.41. The average molecular weight is 238 g/mol. The molecule has 2 unspecified atom stereocenters. The third kappa shape index (κ3) is 3.69. The standard InChI is InChI=1S/C15H30N2/c1-3-10-17(15-8-5-9-16-12-15)13(2)11-14-6-4-7-14/h13-16H,3-12H2,1-2H3. The van der Waals surface area contributed by atoms with Crippen LogP contribution in [0.25, 0.3) is 0 Å². The first-order valence-corrected chi connectivity index (χ1v) is 7.77. The molecule has 1 aliphatic carbocycles. The molecule has 0 amide bonds. The second-order valence-electron chi connectivity index (χ2n) is 6.12. The van der Waals surface area contributed by atoms with E-state index < -0.39 is 0 Å². The van der Waals surface area contributed by atoms with Crippen molar-refractivity contribution in [3.8, 4) is 0 Å². The van der Waals surface area contributed by atoms with Gasteiger partial charge >= 0.3 is 0 Å². The third-order valence-corrected chi connectivity index (χ3v) is 4.69. The van der Waals surface area contributed by atoms with Crippen LogP contribution in [0, 0.1) is 5.92 Å². The Balaban J connectivity index is 1.84. The van der Waals surface area contributed by atoms with Crippen LogP contribution in [0.4, 0.5) is 0 Å². The quantitative estimate of drug-likeness (QED) is 0.765. The van der Waals surface area contributed by atoms with E-state index in [1.54, 1.807) is 0 Å². The number of hydrogen-bond acceptors (Lipinski definition) is 2. The zero-order valence-corrected chi connectivity index (χ0v) is 11.8. The normalized spacial score (nSPS) is 28.1. The summed E-state index contributed by atoms with van der Waals surface area (Å²) >= 11 is 0. The van der Waals surface area contributed by atoms with E-state index in [1.165, 1.54) is 64.6 Å². The summed E-state index contributed by atoms with van der Waals surface area (Å²) in [6.07, 6.45) is 9.97. The summed E-state index contributed by atoms with van der Waals surface area (Å²) in [4.78, 5) is 2.80. The Hall–Kier alpha value is -0.0800. The molecule has 0 radical (unpaired) electrons. The van der Waals surface area contributed by atoms with Crippen molar-refractivity contribution in [1.82, 2.24) is 10.2 Å². The maximum absolute atomic E-state index is 3.57. The van der Waals surface area contributed by atoms with E-state index in [9.17, 15) is 0 Å². The van der Waals surface area contributed by atoms with E-state index in [-0.39, 0.29) is 0 Å². The fraction of sp³-hybridized carbons (Fsp3) is 1.00. The highest BCUT2D eigenvalue weighted by Crippen LogP contribution is 2.32. The van der Waals surface area contributed by atoms with E-state index in [0.29, 0.717) is 0 Å². The molecule has 1 saturated carbocycles. The highest BCUT2D eigenvalue weighted by molar-refractivity contribution is 4.84. The molecule has 0 aromatic rings. The fourth-order valence-electron chi connectivity index (χ4n) is 3.48. The minimum Gasteiger partial charge on any atom is -0.315 e. The molecule has 2 rings (SSSR count). The Morgan fingerprint density at radius 2 is 2.06 bits per heavy atom. The van der Waals surface area contributed by atoms with Gasteiger partial charge < -0.3 is 5.32 Å². The lowest BCUT2D eigenvalue weighted by Crippen LogP contribution is -2.50. The minimum absolute atomic E-state index is 0.796. The number of nitrogens with zero attached hydrogens (tertiary/aromatic N) is 1. The summed E-state index contributed by atoms with van der Waals surface area (Å²) in [5.41, 5.74) is 0. The molecule has 0 spiro atoms. The molecular formula is C15H30N2. The van der Waals surface area contributed by atoms with Crippen LogP contribution in [-0.4, -0.2) is 36.6 Å². The number of hydrogen-bond donors (Lipinski definition) is 1. The molecule has 100 valence electrons. The molecule has 2 heteroatoms. The Morgan fingerprint density at radius 1 is 1.24 bits per heavy atom. The Bertz CT molecular complexity index is 207. The smallest absolute Gasteiger partial charge is 0.0223 e. The van der Waals surface area contributed by atoms with Crippen molar-refractivity contribution >= 4 is 0 Å². The van der Waals surface area contributed by atoms with Crippen LogP contribution >= 0.6 is 0 Å². The molecule has 2 atom stereocenters. The maximum atomic E-state index is 3.57. The van der Waals surface area contributed by atoms with Gasteiger partial charge in [0.15, 0.2) is 0 Å². The van der Waals surface area contributed by atoms with Gasteiger partial charge in [0.05, 0.1) is 0 Å². The molecule has 0 aromatic heterocycles. The summed E-state index contributed by atoms with van der Waals surface area (Å²) in [7, 11) is 0. The van der Waals surface area contributed by atoms with Gasteiger partial charge in [-0.15, -0.1) is 0 Å². The molecular weight excluding hydrogens is 208 g/mol. The van der Waals surface area contributed by atoms with Crippen molar-refractivity contribution in [1.29, 1.82) is 0 Å². The van der Waals surface area contributed by atoms with Gasteiger partial charge in [-0.2, -0.15) is 0 Å². The van der Waals surface area contributed by atoms with E-state index in [1.807, 2.05) is 0 Å². The van der Waals surface area contributed by atoms with Crippen molar-refractivity contribution in [2.45, 2.75) is 70.9 Å². The van der Waals surface area contributed by atoms with Crippen molar-refractivity contribution in [2.24, 2.45) is 5.92 Å². The molecule has 0 aromatic carbocycles. The summed E-state index contributed by atoms with van der Waals surface area (Å²) in [6.45, 7) is 8.52. The Kier molecular flexibility index (Phi) is 5.30. The zero-order chi connectivity index (χ0) is 12.1. The highest BCUT2D eigenvalue weighted by Gasteiger charge is 2.27. The highest BCUT2D eigenvalue weighted by atomic mass is 15.2. The van der Waals surface area contributed by atoms with Crippen LogP contribution in [0.15, 0.2) is 0 Å². The van der Waals surface area contributed by atoms with E-state index in [4.69, 9.17) is 0 Å². The van der Waals surface area contributed by atoms with Crippen LogP contribution in [0.2, 0.25) is 0 Å². The summed E-state index contributed by atoms with van der Waals surface area (Å²) in [6, 6.07) is 1.60. The predicted molar refractivity (Wildman–Crippen MR) is 74.3 cm³/mol. The first-order valence-electron chi connectivity index (χ1n) is 7.77. The predicted octanol–water partition coefficient (Wildman–Crippen LogP) is 3.03.